The first kappa shape index (κ1) is 15.0. The summed E-state index contributed by atoms with van der Waals surface area (Å²) in [6.07, 6.45) is -3.53. The third kappa shape index (κ3) is 3.39. The molecule has 1 saturated heterocycles. The standard InChI is InChI=1S/C15H18F3NO/c1-11(14(20)12-6-3-2-4-7-12)19-9-5-8-13(10-19)15(16,17)18/h2-4,6-7,11,13H,5,8-10H2,1H3. The van der Waals surface area contributed by atoms with Crippen LogP contribution in [0.5, 0.6) is 0 Å². The number of carbonyl (C=O) groups is 1. The second-order valence-corrected chi connectivity index (χ2v) is 5.28. The molecule has 1 aromatic rings. The molecule has 20 heavy (non-hydrogen) atoms. The first-order chi connectivity index (χ1) is 9.39. The fourth-order valence-corrected chi connectivity index (χ4v) is 2.63. The molecule has 1 aliphatic heterocycles. The number of benzene rings is 1. The zero-order valence-electron chi connectivity index (χ0n) is 11.4. The molecule has 0 radical (unpaired) electrons. The molecule has 0 aliphatic carbocycles. The van der Waals surface area contributed by atoms with E-state index in [1.807, 2.05) is 6.07 Å². The van der Waals surface area contributed by atoms with Gasteiger partial charge in [0.05, 0.1) is 12.0 Å². The number of Topliss-reactive ketones (excluding diaryl/α,β-unsaturated/α-hetero) is 1. The summed E-state index contributed by atoms with van der Waals surface area (Å²) in [7, 11) is 0. The quantitative estimate of drug-likeness (QED) is 0.792. The van der Waals surface area contributed by atoms with Crippen LogP contribution in [-0.2, 0) is 0 Å². The Morgan fingerprint density at radius 3 is 2.55 bits per heavy atom. The van der Waals surface area contributed by atoms with Crippen LogP contribution < -0.4 is 0 Å². The Hall–Kier alpha value is -1.36. The minimum absolute atomic E-state index is 0.0801. The van der Waals surface area contributed by atoms with Gasteiger partial charge in [-0.25, -0.2) is 0 Å². The van der Waals surface area contributed by atoms with E-state index in [9.17, 15) is 18.0 Å². The topological polar surface area (TPSA) is 20.3 Å². The molecule has 2 rings (SSSR count). The summed E-state index contributed by atoms with van der Waals surface area (Å²) < 4.78 is 38.4. The molecule has 2 nitrogen and oxygen atoms in total. The number of nitrogens with zero attached hydrogens (tertiary/aromatic N) is 1. The van der Waals surface area contributed by atoms with Gasteiger partial charge in [0, 0.05) is 12.1 Å². The zero-order chi connectivity index (χ0) is 14.8. The molecule has 1 fully saturated rings. The summed E-state index contributed by atoms with van der Waals surface area (Å²) in [4.78, 5) is 13.9. The lowest BCUT2D eigenvalue weighted by Crippen LogP contribution is -2.48. The lowest BCUT2D eigenvalue weighted by atomic mass is 9.94. The first-order valence-corrected chi connectivity index (χ1v) is 6.79. The van der Waals surface area contributed by atoms with Crippen LogP contribution in [0.1, 0.15) is 30.1 Å². The average Bonchev–Trinajstić information content (AvgIpc) is 2.46. The van der Waals surface area contributed by atoms with Crippen LogP contribution in [0.15, 0.2) is 30.3 Å². The van der Waals surface area contributed by atoms with Gasteiger partial charge < -0.3 is 0 Å². The first-order valence-electron chi connectivity index (χ1n) is 6.79. The highest BCUT2D eigenvalue weighted by atomic mass is 19.4. The lowest BCUT2D eigenvalue weighted by molar-refractivity contribution is -0.187. The molecule has 0 amide bonds. The number of likely N-dealkylation sites (tertiary alicyclic amines) is 1. The molecular formula is C15H18F3NO. The summed E-state index contributed by atoms with van der Waals surface area (Å²) in [5.41, 5.74) is 0.550. The predicted molar refractivity (Wildman–Crippen MR) is 70.6 cm³/mol. The molecule has 0 saturated carbocycles. The third-order valence-electron chi connectivity index (χ3n) is 3.90. The normalized spacial score (nSPS) is 22.5. The molecule has 5 heteroatoms. The number of carbonyl (C=O) groups excluding carboxylic acids is 1. The van der Waals surface area contributed by atoms with Crippen LogP contribution in [0.4, 0.5) is 13.2 Å². The van der Waals surface area contributed by atoms with Crippen molar-refractivity contribution in [2.45, 2.75) is 32.0 Å². The van der Waals surface area contributed by atoms with Gasteiger partial charge in [-0.15, -0.1) is 0 Å². The van der Waals surface area contributed by atoms with E-state index in [2.05, 4.69) is 0 Å². The summed E-state index contributed by atoms with van der Waals surface area (Å²) in [5.74, 6) is -1.43. The maximum atomic E-state index is 12.8. The Labute approximate surface area is 116 Å². The fourth-order valence-electron chi connectivity index (χ4n) is 2.63. The van der Waals surface area contributed by atoms with Crippen LogP contribution in [0.25, 0.3) is 0 Å². The van der Waals surface area contributed by atoms with Gasteiger partial charge in [-0.1, -0.05) is 30.3 Å². The van der Waals surface area contributed by atoms with Crippen LogP contribution >= 0.6 is 0 Å². The van der Waals surface area contributed by atoms with Gasteiger partial charge in [-0.05, 0) is 26.3 Å². The summed E-state index contributed by atoms with van der Waals surface area (Å²) in [5, 5.41) is 0. The Bertz CT molecular complexity index is 458. The number of halogens is 3. The van der Waals surface area contributed by atoms with E-state index in [1.54, 1.807) is 36.1 Å². The number of ketones is 1. The molecule has 1 aliphatic rings. The molecule has 2 unspecified atom stereocenters. The smallest absolute Gasteiger partial charge is 0.293 e. The number of hydrogen-bond acceptors (Lipinski definition) is 2. The molecule has 0 N–H and O–H groups in total. The SMILES string of the molecule is CC(C(=O)c1ccccc1)N1CCCC(C(F)(F)F)C1. The van der Waals surface area contributed by atoms with Crippen molar-refractivity contribution in [3.63, 3.8) is 0 Å². The third-order valence-corrected chi connectivity index (χ3v) is 3.90. The number of piperidine rings is 1. The van der Waals surface area contributed by atoms with Gasteiger partial charge in [-0.2, -0.15) is 13.2 Å². The maximum absolute atomic E-state index is 12.8. The van der Waals surface area contributed by atoms with Crippen molar-refractivity contribution < 1.29 is 18.0 Å². The number of alkyl halides is 3. The molecule has 0 bridgehead atoms. The maximum Gasteiger partial charge on any atom is 0.393 e. The molecule has 0 aromatic heterocycles. The van der Waals surface area contributed by atoms with Gasteiger partial charge in [0.15, 0.2) is 5.78 Å². The van der Waals surface area contributed by atoms with Crippen molar-refractivity contribution in [3.8, 4) is 0 Å². The largest absolute Gasteiger partial charge is 0.393 e. The van der Waals surface area contributed by atoms with Gasteiger partial charge >= 0.3 is 6.18 Å². The van der Waals surface area contributed by atoms with Crippen LogP contribution in [0.3, 0.4) is 0 Å². The second kappa shape index (κ2) is 5.95. The predicted octanol–water partition coefficient (Wildman–Crippen LogP) is 3.53. The van der Waals surface area contributed by atoms with Gasteiger partial charge in [-0.3, -0.25) is 9.69 Å². The highest BCUT2D eigenvalue weighted by molar-refractivity contribution is 5.99. The molecule has 2 atom stereocenters. The highest BCUT2D eigenvalue weighted by Gasteiger charge is 2.43. The average molecular weight is 285 g/mol. The van der Waals surface area contributed by atoms with Crippen LogP contribution in [0.2, 0.25) is 0 Å². The van der Waals surface area contributed by atoms with Gasteiger partial charge in [0.25, 0.3) is 0 Å². The Morgan fingerprint density at radius 2 is 1.95 bits per heavy atom. The fraction of sp³-hybridized carbons (Fsp3) is 0.533. The van der Waals surface area contributed by atoms with Crippen molar-refractivity contribution in [3.05, 3.63) is 35.9 Å². The van der Waals surface area contributed by atoms with E-state index in [0.717, 1.165) is 0 Å². The van der Waals surface area contributed by atoms with Crippen molar-refractivity contribution in [2.75, 3.05) is 13.1 Å². The van der Waals surface area contributed by atoms with Crippen molar-refractivity contribution in [2.24, 2.45) is 5.92 Å². The molecule has 1 heterocycles. The van der Waals surface area contributed by atoms with E-state index in [1.165, 1.54) is 0 Å². The minimum Gasteiger partial charge on any atom is -0.293 e. The van der Waals surface area contributed by atoms with Crippen molar-refractivity contribution in [1.82, 2.24) is 4.90 Å². The van der Waals surface area contributed by atoms with Crippen LogP contribution in [-0.4, -0.2) is 36.0 Å². The van der Waals surface area contributed by atoms with E-state index < -0.39 is 18.1 Å². The molecule has 110 valence electrons. The molecule has 0 spiro atoms. The highest BCUT2D eigenvalue weighted by Crippen LogP contribution is 2.33. The van der Waals surface area contributed by atoms with E-state index in [-0.39, 0.29) is 18.7 Å². The van der Waals surface area contributed by atoms with Gasteiger partial charge in [0.1, 0.15) is 0 Å². The summed E-state index contributed by atoms with van der Waals surface area (Å²) >= 11 is 0. The Morgan fingerprint density at radius 1 is 1.30 bits per heavy atom. The number of hydrogen-bond donors (Lipinski definition) is 0. The van der Waals surface area contributed by atoms with Crippen molar-refractivity contribution >= 4 is 5.78 Å². The monoisotopic (exact) mass is 285 g/mol. The summed E-state index contributed by atoms with van der Waals surface area (Å²) in [6, 6.07) is 8.21. The van der Waals surface area contributed by atoms with Gasteiger partial charge in [0.2, 0.25) is 0 Å². The van der Waals surface area contributed by atoms with Crippen LogP contribution in [0, 0.1) is 5.92 Å². The molecular weight excluding hydrogens is 267 g/mol. The summed E-state index contributed by atoms with van der Waals surface area (Å²) in [6.45, 7) is 2.16. The molecule has 1 aromatic carbocycles. The Balaban J connectivity index is 2.05. The Kier molecular flexibility index (Phi) is 4.48. The number of rotatable bonds is 3. The lowest BCUT2D eigenvalue weighted by Gasteiger charge is -2.36. The van der Waals surface area contributed by atoms with E-state index in [4.69, 9.17) is 0 Å². The van der Waals surface area contributed by atoms with E-state index >= 15 is 0 Å². The zero-order valence-corrected chi connectivity index (χ0v) is 11.4. The van der Waals surface area contributed by atoms with Crippen molar-refractivity contribution in [1.29, 1.82) is 0 Å². The minimum atomic E-state index is -4.17. The van der Waals surface area contributed by atoms with E-state index in [0.29, 0.717) is 18.5 Å². The second-order valence-electron chi connectivity index (χ2n) is 5.28.